The van der Waals surface area contributed by atoms with Gasteiger partial charge >= 0.3 is 0 Å². The van der Waals surface area contributed by atoms with Crippen LogP contribution in [0.25, 0.3) is 0 Å². The van der Waals surface area contributed by atoms with Crippen molar-refractivity contribution in [1.29, 1.82) is 0 Å². The molecule has 0 aliphatic carbocycles. The summed E-state index contributed by atoms with van der Waals surface area (Å²) in [5, 5.41) is 0. The fourth-order valence-corrected chi connectivity index (χ4v) is 2.98. The third kappa shape index (κ3) is 5.24. The summed E-state index contributed by atoms with van der Waals surface area (Å²) in [5.74, 6) is 0. The van der Waals surface area contributed by atoms with Crippen molar-refractivity contribution in [1.82, 2.24) is 4.72 Å². The predicted molar refractivity (Wildman–Crippen MR) is 85.2 cm³/mol. The number of hydrogen-bond donors (Lipinski definition) is 1. The minimum atomic E-state index is -1.57. The summed E-state index contributed by atoms with van der Waals surface area (Å²) in [6.45, 7) is 7.57. The fourth-order valence-electron chi connectivity index (χ4n) is 1.37. The van der Waals surface area contributed by atoms with Crippen LogP contribution >= 0.6 is 34.8 Å². The second kappa shape index (κ2) is 6.31. The predicted octanol–water partition coefficient (Wildman–Crippen LogP) is 4.46. The van der Waals surface area contributed by atoms with Crippen molar-refractivity contribution in [3.05, 3.63) is 35.4 Å². The van der Waals surface area contributed by atoms with Gasteiger partial charge in [0.25, 0.3) is 0 Å². The van der Waals surface area contributed by atoms with Gasteiger partial charge in [0.2, 0.25) is 3.79 Å². The summed E-state index contributed by atoms with van der Waals surface area (Å²) in [5.41, 5.74) is 1.91. The molecule has 1 rings (SSSR count). The molecule has 0 aliphatic rings. The topological polar surface area (TPSA) is 29.1 Å². The zero-order chi connectivity index (χ0) is 14.8. The lowest BCUT2D eigenvalue weighted by molar-refractivity contribution is 0.603. The molecular formula is C13H18Cl3NOS. The Kier molecular flexibility index (Phi) is 5.73. The molecule has 1 aromatic rings. The van der Waals surface area contributed by atoms with Crippen LogP contribution in [0.3, 0.4) is 0 Å². The number of halogens is 3. The van der Waals surface area contributed by atoms with E-state index >= 15 is 0 Å². The van der Waals surface area contributed by atoms with Crippen LogP contribution in [0, 0.1) is 6.92 Å². The number of benzene rings is 1. The van der Waals surface area contributed by atoms with E-state index in [9.17, 15) is 4.21 Å². The average molecular weight is 343 g/mol. The Morgan fingerprint density at radius 2 is 1.58 bits per heavy atom. The van der Waals surface area contributed by atoms with Crippen LogP contribution in [0.4, 0.5) is 0 Å². The minimum absolute atomic E-state index is 0.432. The van der Waals surface area contributed by atoms with Crippen LogP contribution in [0.5, 0.6) is 0 Å². The zero-order valence-corrected chi connectivity index (χ0v) is 14.4. The van der Waals surface area contributed by atoms with E-state index < -0.39 is 25.6 Å². The molecule has 19 heavy (non-hydrogen) atoms. The maximum atomic E-state index is 12.2. The van der Waals surface area contributed by atoms with Crippen molar-refractivity contribution in [2.24, 2.45) is 0 Å². The highest BCUT2D eigenvalue weighted by atomic mass is 35.6. The number of hydrogen-bond acceptors (Lipinski definition) is 1. The summed E-state index contributed by atoms with van der Waals surface area (Å²) in [6, 6.07) is 6.97. The molecule has 0 amide bonds. The summed E-state index contributed by atoms with van der Waals surface area (Å²) in [7, 11) is -1.32. The van der Waals surface area contributed by atoms with E-state index in [1.807, 2.05) is 52.0 Å². The Balaban J connectivity index is 3.04. The van der Waals surface area contributed by atoms with Gasteiger partial charge < -0.3 is 0 Å². The number of nitrogens with one attached hydrogen (secondary N) is 1. The molecule has 0 bridgehead atoms. The molecule has 6 heteroatoms. The Morgan fingerprint density at radius 1 is 1.11 bits per heavy atom. The molecule has 0 saturated heterocycles. The van der Waals surface area contributed by atoms with Crippen LogP contribution in [-0.2, 0) is 11.0 Å². The molecule has 1 aromatic carbocycles. The van der Waals surface area contributed by atoms with Gasteiger partial charge in [-0.1, -0.05) is 64.6 Å². The van der Waals surface area contributed by atoms with E-state index in [1.165, 1.54) is 0 Å². The second-order valence-corrected chi connectivity index (χ2v) is 9.75. The molecule has 2 nitrogen and oxygen atoms in total. The molecule has 0 aliphatic heterocycles. The molecule has 0 aromatic heterocycles. The lowest BCUT2D eigenvalue weighted by atomic mass is 10.1. The standard InChI is InChI=1S/C13H18Cl3NOS/c1-9-5-7-10(8-6-9)11(13(14,15)16)17-19(18)12(2,3)4/h5-8,11,17H,1-4H3/t11-,19?/m0/s1. The number of rotatable bonds is 3. The first-order valence-corrected chi connectivity index (χ1v) is 8.11. The van der Waals surface area contributed by atoms with Crippen molar-refractivity contribution in [2.45, 2.75) is 42.3 Å². The maximum Gasteiger partial charge on any atom is 0.210 e. The second-order valence-electron chi connectivity index (χ2n) is 5.38. The van der Waals surface area contributed by atoms with Gasteiger partial charge in [-0.3, -0.25) is 0 Å². The van der Waals surface area contributed by atoms with Crippen LogP contribution < -0.4 is 4.72 Å². The van der Waals surface area contributed by atoms with Gasteiger partial charge in [0.15, 0.2) is 0 Å². The minimum Gasteiger partial charge on any atom is -0.242 e. The van der Waals surface area contributed by atoms with Crippen molar-refractivity contribution >= 4 is 45.8 Å². The molecule has 108 valence electrons. The highest BCUT2D eigenvalue weighted by Crippen LogP contribution is 2.40. The first-order chi connectivity index (χ1) is 8.51. The molecule has 0 saturated carbocycles. The van der Waals surface area contributed by atoms with Crippen LogP contribution in [0.15, 0.2) is 24.3 Å². The van der Waals surface area contributed by atoms with Gasteiger partial charge in [-0.25, -0.2) is 8.93 Å². The third-order valence-corrected chi connectivity index (χ3v) is 4.74. The lowest BCUT2D eigenvalue weighted by Gasteiger charge is -2.29. The van der Waals surface area contributed by atoms with Crippen LogP contribution in [0.2, 0.25) is 0 Å². The van der Waals surface area contributed by atoms with Crippen molar-refractivity contribution in [3.8, 4) is 0 Å². The Morgan fingerprint density at radius 3 is 1.95 bits per heavy atom. The van der Waals surface area contributed by atoms with Gasteiger partial charge in [0.05, 0.1) is 21.8 Å². The van der Waals surface area contributed by atoms with Gasteiger partial charge in [0, 0.05) is 0 Å². The van der Waals surface area contributed by atoms with Gasteiger partial charge in [-0.15, -0.1) is 0 Å². The number of alkyl halides is 3. The normalized spacial score (nSPS) is 16.2. The lowest BCUT2D eigenvalue weighted by Crippen LogP contribution is -2.40. The van der Waals surface area contributed by atoms with Crippen molar-refractivity contribution < 1.29 is 4.21 Å². The summed E-state index contributed by atoms with van der Waals surface area (Å²) < 4.78 is 13.1. The summed E-state index contributed by atoms with van der Waals surface area (Å²) in [4.78, 5) is 0. The molecule has 0 spiro atoms. The highest BCUT2D eigenvalue weighted by molar-refractivity contribution is 7.84. The van der Waals surface area contributed by atoms with E-state index in [0.29, 0.717) is 0 Å². The van der Waals surface area contributed by atoms with Gasteiger partial charge in [0.1, 0.15) is 0 Å². The monoisotopic (exact) mass is 341 g/mol. The Bertz CT molecular complexity index is 448. The zero-order valence-electron chi connectivity index (χ0n) is 11.3. The Labute approximate surface area is 132 Å². The quantitative estimate of drug-likeness (QED) is 0.807. The molecule has 0 radical (unpaired) electrons. The smallest absolute Gasteiger partial charge is 0.210 e. The van der Waals surface area contributed by atoms with Crippen molar-refractivity contribution in [2.75, 3.05) is 0 Å². The molecule has 0 fully saturated rings. The van der Waals surface area contributed by atoms with E-state index in [0.717, 1.165) is 11.1 Å². The third-order valence-electron chi connectivity index (χ3n) is 2.52. The van der Waals surface area contributed by atoms with Crippen LogP contribution in [0.1, 0.15) is 37.9 Å². The largest absolute Gasteiger partial charge is 0.242 e. The highest BCUT2D eigenvalue weighted by Gasteiger charge is 2.36. The van der Waals surface area contributed by atoms with Gasteiger partial charge in [-0.05, 0) is 33.3 Å². The van der Waals surface area contributed by atoms with E-state index in [4.69, 9.17) is 34.8 Å². The molecule has 1 N–H and O–H groups in total. The SMILES string of the molecule is Cc1ccc([C@H](NS(=O)C(C)(C)C)C(Cl)(Cl)Cl)cc1. The first-order valence-electron chi connectivity index (χ1n) is 5.83. The molecule has 0 heterocycles. The fraction of sp³-hybridized carbons (Fsp3) is 0.538. The Hall–Kier alpha value is 0.200. The average Bonchev–Trinajstić information content (AvgIpc) is 2.24. The van der Waals surface area contributed by atoms with E-state index in [-0.39, 0.29) is 0 Å². The van der Waals surface area contributed by atoms with E-state index in [2.05, 4.69) is 4.72 Å². The maximum absolute atomic E-state index is 12.2. The van der Waals surface area contributed by atoms with Crippen LogP contribution in [-0.4, -0.2) is 12.7 Å². The molecular weight excluding hydrogens is 325 g/mol. The molecule has 2 atom stereocenters. The van der Waals surface area contributed by atoms with Gasteiger partial charge in [-0.2, -0.15) is 0 Å². The van der Waals surface area contributed by atoms with Crippen molar-refractivity contribution in [3.63, 3.8) is 0 Å². The first kappa shape index (κ1) is 17.3. The molecule has 1 unspecified atom stereocenters. The number of aryl methyl sites for hydroxylation is 1. The summed E-state index contributed by atoms with van der Waals surface area (Å²) in [6.07, 6.45) is 0. The summed E-state index contributed by atoms with van der Waals surface area (Å²) >= 11 is 18.0. The van der Waals surface area contributed by atoms with E-state index in [1.54, 1.807) is 0 Å².